The maximum Gasteiger partial charge on any atom is 0.253 e. The van der Waals surface area contributed by atoms with Crippen LogP contribution in [0, 0.1) is 5.82 Å². The Morgan fingerprint density at radius 3 is 3.05 bits per heavy atom. The molecule has 2 unspecified atom stereocenters. The van der Waals surface area contributed by atoms with Crippen LogP contribution in [0.2, 0.25) is 0 Å². The van der Waals surface area contributed by atoms with Crippen molar-refractivity contribution in [2.75, 3.05) is 19.0 Å². The third kappa shape index (κ3) is 3.74. The van der Waals surface area contributed by atoms with Gasteiger partial charge in [0.1, 0.15) is 6.10 Å². The number of amides is 1. The van der Waals surface area contributed by atoms with Gasteiger partial charge in [0.15, 0.2) is 5.82 Å². The average molecular weight is 282 g/mol. The molecule has 5 nitrogen and oxygen atoms in total. The molecule has 1 aromatic heterocycles. The molecule has 0 saturated carbocycles. The minimum atomic E-state index is -0.550. The standard InChI is InChI=1S/C14H19FN2O3/c1-9-3-4-13(20-9)14(18)17-12-7-10(5-6-19-2)16-8-11(12)15/h7-9,13H,3-6H2,1-2H3,(H,16,17,18). The summed E-state index contributed by atoms with van der Waals surface area (Å²) in [7, 11) is 1.59. The first-order valence-corrected chi connectivity index (χ1v) is 6.70. The second-order valence-electron chi connectivity index (χ2n) is 4.90. The van der Waals surface area contributed by atoms with E-state index in [4.69, 9.17) is 9.47 Å². The summed E-state index contributed by atoms with van der Waals surface area (Å²) in [6, 6.07) is 1.53. The van der Waals surface area contributed by atoms with Gasteiger partial charge in [-0.3, -0.25) is 9.78 Å². The van der Waals surface area contributed by atoms with Crippen LogP contribution >= 0.6 is 0 Å². The molecule has 1 aromatic rings. The first kappa shape index (κ1) is 14.9. The van der Waals surface area contributed by atoms with Crippen LogP contribution in [0.25, 0.3) is 0 Å². The highest BCUT2D eigenvalue weighted by Gasteiger charge is 2.28. The van der Waals surface area contributed by atoms with Gasteiger partial charge in [-0.25, -0.2) is 4.39 Å². The normalized spacial score (nSPS) is 21.9. The van der Waals surface area contributed by atoms with Gasteiger partial charge in [-0.1, -0.05) is 0 Å². The van der Waals surface area contributed by atoms with E-state index in [1.54, 1.807) is 7.11 Å². The Balaban J connectivity index is 2.02. The van der Waals surface area contributed by atoms with Crippen LogP contribution in [0.1, 0.15) is 25.5 Å². The molecule has 1 aliphatic heterocycles. The molecule has 0 bridgehead atoms. The minimum Gasteiger partial charge on any atom is -0.384 e. The fourth-order valence-corrected chi connectivity index (χ4v) is 2.13. The van der Waals surface area contributed by atoms with Crippen molar-refractivity contribution in [3.8, 4) is 0 Å². The predicted octanol–water partition coefficient (Wildman–Crippen LogP) is 1.92. The van der Waals surface area contributed by atoms with Gasteiger partial charge in [0, 0.05) is 19.2 Å². The number of methoxy groups -OCH3 is 1. The summed E-state index contributed by atoms with van der Waals surface area (Å²) >= 11 is 0. The Kier molecular flexibility index (Phi) is 5.03. The number of carbonyl (C=O) groups is 1. The third-order valence-electron chi connectivity index (χ3n) is 3.26. The quantitative estimate of drug-likeness (QED) is 0.896. The van der Waals surface area contributed by atoms with Crippen molar-refractivity contribution >= 4 is 11.6 Å². The Morgan fingerprint density at radius 2 is 2.40 bits per heavy atom. The Morgan fingerprint density at radius 1 is 1.60 bits per heavy atom. The lowest BCUT2D eigenvalue weighted by molar-refractivity contribution is -0.126. The van der Waals surface area contributed by atoms with Crippen molar-refractivity contribution in [2.24, 2.45) is 0 Å². The van der Waals surface area contributed by atoms with E-state index in [2.05, 4.69) is 10.3 Å². The number of anilines is 1. The molecule has 1 aliphatic rings. The summed E-state index contributed by atoms with van der Waals surface area (Å²) in [6.07, 6.45) is 2.76. The lowest BCUT2D eigenvalue weighted by atomic mass is 10.2. The van der Waals surface area contributed by atoms with E-state index in [0.717, 1.165) is 12.6 Å². The monoisotopic (exact) mass is 282 g/mol. The second-order valence-corrected chi connectivity index (χ2v) is 4.90. The fourth-order valence-electron chi connectivity index (χ4n) is 2.13. The van der Waals surface area contributed by atoms with Crippen molar-refractivity contribution in [1.29, 1.82) is 0 Å². The second kappa shape index (κ2) is 6.76. The highest BCUT2D eigenvalue weighted by Crippen LogP contribution is 2.21. The minimum absolute atomic E-state index is 0.0744. The number of nitrogens with zero attached hydrogens (tertiary/aromatic N) is 1. The summed E-state index contributed by atoms with van der Waals surface area (Å²) in [4.78, 5) is 15.9. The van der Waals surface area contributed by atoms with Crippen molar-refractivity contribution in [3.63, 3.8) is 0 Å². The SMILES string of the molecule is COCCc1cc(NC(=O)C2CCC(C)O2)c(F)cn1. The molecule has 0 radical (unpaired) electrons. The number of halogens is 1. The van der Waals surface area contributed by atoms with Gasteiger partial charge in [0.2, 0.25) is 0 Å². The maximum atomic E-state index is 13.7. The summed E-state index contributed by atoms with van der Waals surface area (Å²) in [5.74, 6) is -0.859. The van der Waals surface area contributed by atoms with Gasteiger partial charge >= 0.3 is 0 Å². The summed E-state index contributed by atoms with van der Waals surface area (Å²) in [5, 5.41) is 2.57. The molecule has 2 rings (SSSR count). The zero-order valence-electron chi connectivity index (χ0n) is 11.7. The third-order valence-corrected chi connectivity index (χ3v) is 3.26. The lowest BCUT2D eigenvalue weighted by Gasteiger charge is -2.13. The molecule has 0 aromatic carbocycles. The molecule has 2 heterocycles. The molecule has 6 heteroatoms. The van der Waals surface area contributed by atoms with E-state index < -0.39 is 11.9 Å². The lowest BCUT2D eigenvalue weighted by Crippen LogP contribution is -2.28. The van der Waals surface area contributed by atoms with Crippen LogP contribution < -0.4 is 5.32 Å². The first-order chi connectivity index (χ1) is 9.60. The summed E-state index contributed by atoms with van der Waals surface area (Å²) < 4.78 is 24.1. The van der Waals surface area contributed by atoms with Crippen molar-refractivity contribution in [3.05, 3.63) is 23.8 Å². The Labute approximate surface area is 117 Å². The average Bonchev–Trinajstić information content (AvgIpc) is 2.86. The highest BCUT2D eigenvalue weighted by molar-refractivity contribution is 5.94. The van der Waals surface area contributed by atoms with Crippen LogP contribution in [0.4, 0.5) is 10.1 Å². The Hall–Kier alpha value is -1.53. The molecule has 2 atom stereocenters. The molecular weight excluding hydrogens is 263 g/mol. The van der Waals surface area contributed by atoms with Crippen LogP contribution in [-0.4, -0.2) is 36.8 Å². The van der Waals surface area contributed by atoms with Crippen molar-refractivity contribution in [2.45, 2.75) is 38.4 Å². The zero-order valence-corrected chi connectivity index (χ0v) is 11.7. The molecule has 1 fully saturated rings. The largest absolute Gasteiger partial charge is 0.384 e. The molecule has 110 valence electrons. The van der Waals surface area contributed by atoms with Crippen molar-refractivity contribution < 1.29 is 18.7 Å². The molecule has 1 N–H and O–H groups in total. The molecule has 0 spiro atoms. The van der Waals surface area contributed by atoms with E-state index in [1.807, 2.05) is 6.92 Å². The maximum absolute atomic E-state index is 13.7. The highest BCUT2D eigenvalue weighted by atomic mass is 19.1. The van der Waals surface area contributed by atoms with Gasteiger partial charge in [0.05, 0.1) is 24.6 Å². The van der Waals surface area contributed by atoms with Gasteiger partial charge < -0.3 is 14.8 Å². The van der Waals surface area contributed by atoms with E-state index in [-0.39, 0.29) is 17.7 Å². The molecule has 1 saturated heterocycles. The number of carbonyl (C=O) groups excluding carboxylic acids is 1. The van der Waals surface area contributed by atoms with E-state index in [9.17, 15) is 9.18 Å². The van der Waals surface area contributed by atoms with Gasteiger partial charge in [-0.05, 0) is 25.8 Å². The first-order valence-electron chi connectivity index (χ1n) is 6.70. The number of aromatic nitrogens is 1. The van der Waals surface area contributed by atoms with Crippen molar-refractivity contribution in [1.82, 2.24) is 4.98 Å². The van der Waals surface area contributed by atoms with Crippen LogP contribution in [0.5, 0.6) is 0 Å². The summed E-state index contributed by atoms with van der Waals surface area (Å²) in [6.45, 7) is 2.42. The molecule has 1 amide bonds. The van der Waals surface area contributed by atoms with E-state index in [1.165, 1.54) is 6.07 Å². The zero-order chi connectivity index (χ0) is 14.5. The van der Waals surface area contributed by atoms with Crippen LogP contribution in [-0.2, 0) is 20.7 Å². The number of hydrogen-bond donors (Lipinski definition) is 1. The van der Waals surface area contributed by atoms with Crippen LogP contribution in [0.3, 0.4) is 0 Å². The fraction of sp³-hybridized carbons (Fsp3) is 0.571. The predicted molar refractivity (Wildman–Crippen MR) is 72.0 cm³/mol. The number of nitrogens with one attached hydrogen (secondary N) is 1. The number of ether oxygens (including phenoxy) is 2. The number of hydrogen-bond acceptors (Lipinski definition) is 4. The topological polar surface area (TPSA) is 60.5 Å². The van der Waals surface area contributed by atoms with E-state index >= 15 is 0 Å². The molecule has 20 heavy (non-hydrogen) atoms. The number of rotatable bonds is 5. The summed E-state index contributed by atoms with van der Waals surface area (Å²) in [5.41, 5.74) is 0.809. The van der Waals surface area contributed by atoms with Gasteiger partial charge in [-0.15, -0.1) is 0 Å². The van der Waals surface area contributed by atoms with Crippen LogP contribution in [0.15, 0.2) is 12.3 Å². The smallest absolute Gasteiger partial charge is 0.253 e. The molecule has 0 aliphatic carbocycles. The van der Waals surface area contributed by atoms with Gasteiger partial charge in [-0.2, -0.15) is 0 Å². The van der Waals surface area contributed by atoms with Gasteiger partial charge in [0.25, 0.3) is 5.91 Å². The Bertz CT molecular complexity index is 481. The van der Waals surface area contributed by atoms with E-state index in [0.29, 0.717) is 25.1 Å². The molecular formula is C14H19FN2O3. The number of pyridine rings is 1.